The predicted octanol–water partition coefficient (Wildman–Crippen LogP) is 2.70. The van der Waals surface area contributed by atoms with Gasteiger partial charge < -0.3 is 15.4 Å². The number of piperidine rings is 1. The Labute approximate surface area is 124 Å². The molecule has 0 amide bonds. The zero-order valence-corrected chi connectivity index (χ0v) is 13.1. The third kappa shape index (κ3) is 3.55. The normalized spacial score (nSPS) is 38.0. The molecule has 2 N–H and O–H groups in total. The average molecular weight is 280 g/mol. The molecule has 4 unspecified atom stereocenters. The third-order valence-electron chi connectivity index (χ3n) is 5.88. The first kappa shape index (κ1) is 14.8. The highest BCUT2D eigenvalue weighted by Crippen LogP contribution is 2.33. The Balaban J connectivity index is 1.52. The van der Waals surface area contributed by atoms with Gasteiger partial charge in [-0.2, -0.15) is 0 Å². The van der Waals surface area contributed by atoms with Gasteiger partial charge in [0.2, 0.25) is 0 Å². The van der Waals surface area contributed by atoms with E-state index in [2.05, 4.69) is 17.6 Å². The van der Waals surface area contributed by atoms with E-state index in [0.717, 1.165) is 37.1 Å². The summed E-state index contributed by atoms with van der Waals surface area (Å²) in [5, 5.41) is 7.78. The Bertz CT molecular complexity index is 285. The van der Waals surface area contributed by atoms with E-state index in [4.69, 9.17) is 4.74 Å². The number of hydrogen-bond acceptors (Lipinski definition) is 3. The summed E-state index contributed by atoms with van der Waals surface area (Å²) in [6.07, 6.45) is 10.9. The standard InChI is InChI=1S/C17H32N2O/c1-13(14-8-11-20-12-9-14)19-17-7-4-5-15(17)16-6-2-3-10-18-16/h13-19H,2-12H2,1H3. The molecule has 0 radical (unpaired) electrons. The summed E-state index contributed by atoms with van der Waals surface area (Å²) in [7, 11) is 0. The van der Waals surface area contributed by atoms with Crippen LogP contribution in [0, 0.1) is 11.8 Å². The van der Waals surface area contributed by atoms with Crippen molar-refractivity contribution in [1.29, 1.82) is 0 Å². The van der Waals surface area contributed by atoms with Crippen molar-refractivity contribution in [2.45, 2.75) is 76.4 Å². The molecule has 2 heterocycles. The van der Waals surface area contributed by atoms with Crippen molar-refractivity contribution in [3.8, 4) is 0 Å². The predicted molar refractivity (Wildman–Crippen MR) is 82.9 cm³/mol. The van der Waals surface area contributed by atoms with Gasteiger partial charge in [0.1, 0.15) is 0 Å². The maximum Gasteiger partial charge on any atom is 0.0469 e. The molecule has 3 fully saturated rings. The van der Waals surface area contributed by atoms with Gasteiger partial charge in [-0.15, -0.1) is 0 Å². The lowest BCUT2D eigenvalue weighted by Crippen LogP contribution is -2.50. The zero-order valence-electron chi connectivity index (χ0n) is 13.1. The molecular formula is C17H32N2O. The Hall–Kier alpha value is -0.120. The topological polar surface area (TPSA) is 33.3 Å². The molecule has 1 aliphatic carbocycles. The van der Waals surface area contributed by atoms with Crippen LogP contribution in [0.5, 0.6) is 0 Å². The summed E-state index contributed by atoms with van der Waals surface area (Å²) in [5.41, 5.74) is 0. The van der Waals surface area contributed by atoms with E-state index in [9.17, 15) is 0 Å². The van der Waals surface area contributed by atoms with E-state index in [0.29, 0.717) is 6.04 Å². The highest BCUT2D eigenvalue weighted by Gasteiger charge is 2.35. The molecular weight excluding hydrogens is 248 g/mol. The second-order valence-corrected chi connectivity index (χ2v) is 7.16. The SMILES string of the molecule is CC(NC1CCCC1C1CCCCN1)C1CCOCC1. The fourth-order valence-corrected chi connectivity index (χ4v) is 4.61. The van der Waals surface area contributed by atoms with Crippen LogP contribution in [0.3, 0.4) is 0 Å². The second kappa shape index (κ2) is 7.24. The molecule has 20 heavy (non-hydrogen) atoms. The summed E-state index contributed by atoms with van der Waals surface area (Å²) < 4.78 is 5.50. The van der Waals surface area contributed by atoms with E-state index in [1.807, 2.05) is 0 Å². The van der Waals surface area contributed by atoms with Gasteiger partial charge in [0.05, 0.1) is 0 Å². The van der Waals surface area contributed by atoms with Crippen LogP contribution in [0.1, 0.15) is 58.3 Å². The van der Waals surface area contributed by atoms with Crippen LogP contribution in [-0.2, 0) is 4.74 Å². The lowest BCUT2D eigenvalue weighted by atomic mass is 9.86. The molecule has 0 aromatic carbocycles. The van der Waals surface area contributed by atoms with Crippen LogP contribution in [0.25, 0.3) is 0 Å². The van der Waals surface area contributed by atoms with Crippen LogP contribution >= 0.6 is 0 Å². The molecule has 1 saturated carbocycles. The van der Waals surface area contributed by atoms with Gasteiger partial charge >= 0.3 is 0 Å². The molecule has 0 aromatic heterocycles. The summed E-state index contributed by atoms with van der Waals surface area (Å²) in [6.45, 7) is 5.58. The van der Waals surface area contributed by atoms with Gasteiger partial charge in [-0.05, 0) is 63.8 Å². The Morgan fingerprint density at radius 3 is 2.60 bits per heavy atom. The van der Waals surface area contributed by atoms with Gasteiger partial charge in [0.25, 0.3) is 0 Å². The lowest BCUT2D eigenvalue weighted by molar-refractivity contribution is 0.0530. The monoisotopic (exact) mass is 280 g/mol. The minimum absolute atomic E-state index is 0.660. The van der Waals surface area contributed by atoms with Gasteiger partial charge in [0.15, 0.2) is 0 Å². The molecule has 3 heteroatoms. The van der Waals surface area contributed by atoms with Crippen molar-refractivity contribution in [3.05, 3.63) is 0 Å². The number of nitrogens with one attached hydrogen (secondary N) is 2. The van der Waals surface area contributed by atoms with E-state index >= 15 is 0 Å². The zero-order chi connectivity index (χ0) is 13.8. The second-order valence-electron chi connectivity index (χ2n) is 7.16. The quantitative estimate of drug-likeness (QED) is 0.831. The first-order chi connectivity index (χ1) is 9.84. The van der Waals surface area contributed by atoms with Crippen LogP contribution < -0.4 is 10.6 Å². The van der Waals surface area contributed by atoms with E-state index in [1.165, 1.54) is 57.9 Å². The molecule has 3 aliphatic rings. The molecule has 2 aliphatic heterocycles. The van der Waals surface area contributed by atoms with Crippen molar-refractivity contribution in [2.24, 2.45) is 11.8 Å². The molecule has 116 valence electrons. The van der Waals surface area contributed by atoms with Crippen molar-refractivity contribution in [3.63, 3.8) is 0 Å². The van der Waals surface area contributed by atoms with Crippen LogP contribution in [0.2, 0.25) is 0 Å². The Kier molecular flexibility index (Phi) is 5.36. The molecule has 0 aromatic rings. The number of hydrogen-bond donors (Lipinski definition) is 2. The number of ether oxygens (including phenoxy) is 1. The van der Waals surface area contributed by atoms with Crippen molar-refractivity contribution >= 4 is 0 Å². The Morgan fingerprint density at radius 1 is 1.00 bits per heavy atom. The minimum atomic E-state index is 0.660. The lowest BCUT2D eigenvalue weighted by Gasteiger charge is -2.36. The minimum Gasteiger partial charge on any atom is -0.381 e. The molecule has 0 bridgehead atoms. The summed E-state index contributed by atoms with van der Waals surface area (Å²) >= 11 is 0. The fourth-order valence-electron chi connectivity index (χ4n) is 4.61. The summed E-state index contributed by atoms with van der Waals surface area (Å²) in [6, 6.07) is 2.20. The molecule has 3 rings (SSSR count). The van der Waals surface area contributed by atoms with E-state index in [1.54, 1.807) is 0 Å². The summed E-state index contributed by atoms with van der Waals surface area (Å²) in [5.74, 6) is 1.70. The first-order valence-corrected chi connectivity index (χ1v) is 8.92. The van der Waals surface area contributed by atoms with Gasteiger partial charge in [-0.1, -0.05) is 12.8 Å². The maximum absolute atomic E-state index is 5.50. The highest BCUT2D eigenvalue weighted by atomic mass is 16.5. The van der Waals surface area contributed by atoms with Gasteiger partial charge in [0, 0.05) is 31.3 Å². The van der Waals surface area contributed by atoms with E-state index < -0.39 is 0 Å². The van der Waals surface area contributed by atoms with Crippen LogP contribution in [0.4, 0.5) is 0 Å². The van der Waals surface area contributed by atoms with Crippen LogP contribution in [0.15, 0.2) is 0 Å². The van der Waals surface area contributed by atoms with Crippen molar-refractivity contribution in [2.75, 3.05) is 19.8 Å². The van der Waals surface area contributed by atoms with E-state index in [-0.39, 0.29) is 0 Å². The maximum atomic E-state index is 5.50. The fraction of sp³-hybridized carbons (Fsp3) is 1.00. The molecule has 3 nitrogen and oxygen atoms in total. The van der Waals surface area contributed by atoms with Crippen molar-refractivity contribution in [1.82, 2.24) is 10.6 Å². The average Bonchev–Trinajstić information content (AvgIpc) is 2.97. The van der Waals surface area contributed by atoms with Crippen LogP contribution in [-0.4, -0.2) is 37.9 Å². The molecule has 2 saturated heterocycles. The number of rotatable bonds is 4. The van der Waals surface area contributed by atoms with Gasteiger partial charge in [-0.3, -0.25) is 0 Å². The summed E-state index contributed by atoms with van der Waals surface area (Å²) in [4.78, 5) is 0. The first-order valence-electron chi connectivity index (χ1n) is 8.92. The van der Waals surface area contributed by atoms with Crippen molar-refractivity contribution < 1.29 is 4.74 Å². The molecule has 0 spiro atoms. The third-order valence-corrected chi connectivity index (χ3v) is 5.88. The highest BCUT2D eigenvalue weighted by molar-refractivity contribution is 4.94. The smallest absolute Gasteiger partial charge is 0.0469 e. The largest absolute Gasteiger partial charge is 0.381 e. The Morgan fingerprint density at radius 2 is 1.85 bits per heavy atom. The van der Waals surface area contributed by atoms with Gasteiger partial charge in [-0.25, -0.2) is 0 Å². The molecule has 4 atom stereocenters.